The van der Waals surface area contributed by atoms with Crippen LogP contribution in [0.3, 0.4) is 0 Å². The molecule has 2 aromatic carbocycles. The highest BCUT2D eigenvalue weighted by Crippen LogP contribution is 2.23. The number of methoxy groups -OCH3 is 1. The Labute approximate surface area is 166 Å². The van der Waals surface area contributed by atoms with E-state index >= 15 is 0 Å². The van der Waals surface area contributed by atoms with Gasteiger partial charge in [-0.25, -0.2) is 9.40 Å². The van der Waals surface area contributed by atoms with E-state index in [-0.39, 0.29) is 10.0 Å². The third kappa shape index (κ3) is 4.66. The van der Waals surface area contributed by atoms with E-state index in [2.05, 4.69) is 21.4 Å². The number of ether oxygens (including phenoxy) is 1. The molecule has 0 fully saturated rings. The maximum Gasteiger partial charge on any atom is 0.272 e. The molecule has 7 heteroatoms. The number of hydrogen-bond acceptors (Lipinski definition) is 3. The highest BCUT2D eigenvalue weighted by molar-refractivity contribution is 9.10. The lowest BCUT2D eigenvalue weighted by Gasteiger charge is -2.35. The van der Waals surface area contributed by atoms with Crippen molar-refractivity contribution in [3.05, 3.63) is 63.4 Å². The molecule has 0 atom stereocenters. The van der Waals surface area contributed by atoms with Crippen molar-refractivity contribution in [2.45, 2.75) is 33.2 Å². The van der Waals surface area contributed by atoms with Crippen LogP contribution in [0.4, 0.5) is 4.39 Å². The Morgan fingerprint density at radius 2 is 1.85 bits per heavy atom. The molecule has 0 aliphatic rings. The first-order chi connectivity index (χ1) is 12.6. The van der Waals surface area contributed by atoms with Crippen molar-refractivity contribution in [1.29, 1.82) is 0 Å². The summed E-state index contributed by atoms with van der Waals surface area (Å²) in [6, 6.07) is 9.10. The van der Waals surface area contributed by atoms with Crippen molar-refractivity contribution in [3.8, 4) is 5.75 Å². The maximum atomic E-state index is 13.5. The van der Waals surface area contributed by atoms with Gasteiger partial charge >= 0.3 is 0 Å². The van der Waals surface area contributed by atoms with E-state index in [4.69, 9.17) is 4.74 Å². The van der Waals surface area contributed by atoms with Crippen molar-refractivity contribution in [1.82, 2.24) is 10.4 Å². The average molecular weight is 437 g/mol. The van der Waals surface area contributed by atoms with Crippen molar-refractivity contribution >= 4 is 27.7 Å². The van der Waals surface area contributed by atoms with Crippen LogP contribution in [0, 0.1) is 12.7 Å². The molecule has 0 aliphatic heterocycles. The second-order valence-corrected chi connectivity index (χ2v) is 7.87. The smallest absolute Gasteiger partial charge is 0.272 e. The first-order valence-corrected chi connectivity index (χ1v) is 9.09. The van der Waals surface area contributed by atoms with Gasteiger partial charge in [0.2, 0.25) is 0 Å². The highest BCUT2D eigenvalue weighted by atomic mass is 79.9. The SMILES string of the molecule is COc1cccc(C(=O)NN(C(=O)c2ccc(F)c(Br)c2)C(C)(C)C)c1C. The predicted octanol–water partition coefficient (Wildman–Crippen LogP) is 4.49. The molecule has 2 rings (SSSR count). The fourth-order valence-electron chi connectivity index (χ4n) is 2.52. The van der Waals surface area contributed by atoms with Crippen LogP contribution in [-0.2, 0) is 0 Å². The minimum atomic E-state index is -0.708. The van der Waals surface area contributed by atoms with Gasteiger partial charge < -0.3 is 4.74 Å². The minimum Gasteiger partial charge on any atom is -0.496 e. The van der Waals surface area contributed by atoms with Gasteiger partial charge in [-0.15, -0.1) is 0 Å². The van der Waals surface area contributed by atoms with E-state index in [0.29, 0.717) is 16.9 Å². The number of carbonyl (C=O) groups excluding carboxylic acids is 2. The number of hydrogen-bond donors (Lipinski definition) is 1. The van der Waals surface area contributed by atoms with Crippen molar-refractivity contribution in [3.63, 3.8) is 0 Å². The molecule has 0 unspecified atom stereocenters. The summed E-state index contributed by atoms with van der Waals surface area (Å²) < 4.78 is 18.9. The van der Waals surface area contributed by atoms with Gasteiger partial charge in [0.15, 0.2) is 0 Å². The lowest BCUT2D eigenvalue weighted by atomic mass is 10.1. The van der Waals surface area contributed by atoms with Crippen molar-refractivity contribution in [2.24, 2.45) is 0 Å². The molecule has 1 N–H and O–H groups in total. The molecular formula is C20H22BrFN2O3. The fraction of sp³-hybridized carbons (Fsp3) is 0.300. The summed E-state index contributed by atoms with van der Waals surface area (Å²) in [6.07, 6.45) is 0. The summed E-state index contributed by atoms with van der Waals surface area (Å²) in [7, 11) is 1.53. The number of nitrogens with one attached hydrogen (secondary N) is 1. The molecule has 2 amide bonds. The van der Waals surface area contributed by atoms with Gasteiger partial charge in [-0.05, 0) is 74.0 Å². The number of hydrazine groups is 1. The number of benzene rings is 2. The summed E-state index contributed by atoms with van der Waals surface area (Å²) in [4.78, 5) is 25.8. The molecule has 27 heavy (non-hydrogen) atoms. The van der Waals surface area contributed by atoms with E-state index in [1.807, 2.05) is 0 Å². The summed E-state index contributed by atoms with van der Waals surface area (Å²) >= 11 is 3.08. The van der Waals surface area contributed by atoms with Crippen LogP contribution in [0.2, 0.25) is 0 Å². The Hall–Kier alpha value is -2.41. The van der Waals surface area contributed by atoms with Gasteiger partial charge in [-0.2, -0.15) is 0 Å². The van der Waals surface area contributed by atoms with E-state index in [1.165, 1.54) is 30.3 Å². The van der Waals surface area contributed by atoms with Crippen LogP contribution in [0.25, 0.3) is 0 Å². The molecule has 144 valence electrons. The number of rotatable bonds is 3. The van der Waals surface area contributed by atoms with Gasteiger partial charge in [0.05, 0.1) is 17.1 Å². The molecule has 0 bridgehead atoms. The zero-order valence-corrected chi connectivity index (χ0v) is 17.5. The molecule has 0 aromatic heterocycles. The Morgan fingerprint density at radius 1 is 1.19 bits per heavy atom. The molecule has 0 saturated heterocycles. The topological polar surface area (TPSA) is 58.6 Å². The van der Waals surface area contributed by atoms with Gasteiger partial charge in [0.1, 0.15) is 11.6 Å². The molecule has 5 nitrogen and oxygen atoms in total. The Kier molecular flexibility index (Phi) is 6.26. The van der Waals surface area contributed by atoms with Crippen LogP contribution in [0.15, 0.2) is 40.9 Å². The quantitative estimate of drug-likeness (QED) is 0.720. The molecule has 0 radical (unpaired) electrons. The Morgan fingerprint density at radius 3 is 2.41 bits per heavy atom. The first-order valence-electron chi connectivity index (χ1n) is 8.30. The van der Waals surface area contributed by atoms with Gasteiger partial charge in [-0.1, -0.05) is 6.07 Å². The van der Waals surface area contributed by atoms with E-state index < -0.39 is 23.2 Å². The lowest BCUT2D eigenvalue weighted by molar-refractivity contribution is 0.0358. The molecule has 0 saturated carbocycles. The minimum absolute atomic E-state index is 0.178. The van der Waals surface area contributed by atoms with Crippen LogP contribution in [-0.4, -0.2) is 29.5 Å². The van der Waals surface area contributed by atoms with Crippen molar-refractivity contribution < 1.29 is 18.7 Å². The monoisotopic (exact) mass is 436 g/mol. The third-order valence-electron chi connectivity index (χ3n) is 4.00. The number of amides is 2. The van der Waals surface area contributed by atoms with E-state index in [0.717, 1.165) is 0 Å². The van der Waals surface area contributed by atoms with Crippen molar-refractivity contribution in [2.75, 3.05) is 7.11 Å². The molecule has 2 aromatic rings. The summed E-state index contributed by atoms with van der Waals surface area (Å²) in [6.45, 7) is 7.15. The van der Waals surface area contributed by atoms with Gasteiger partial charge in [0.25, 0.3) is 11.8 Å². The largest absolute Gasteiger partial charge is 0.496 e. The maximum absolute atomic E-state index is 13.5. The predicted molar refractivity (Wildman–Crippen MR) is 105 cm³/mol. The number of nitrogens with zero attached hydrogens (tertiary/aromatic N) is 1. The average Bonchev–Trinajstić information content (AvgIpc) is 2.60. The lowest BCUT2D eigenvalue weighted by Crippen LogP contribution is -2.56. The van der Waals surface area contributed by atoms with Crippen LogP contribution in [0.5, 0.6) is 5.75 Å². The molecule has 0 spiro atoms. The summed E-state index contributed by atoms with van der Waals surface area (Å²) in [5.74, 6) is -0.767. The molecule has 0 aliphatic carbocycles. The number of halogens is 2. The van der Waals surface area contributed by atoms with Gasteiger partial charge in [0, 0.05) is 16.7 Å². The Balaban J connectivity index is 2.36. The summed E-state index contributed by atoms with van der Waals surface area (Å²) in [5.41, 5.74) is 3.29. The van der Waals surface area contributed by atoms with Crippen LogP contribution >= 0.6 is 15.9 Å². The second-order valence-electron chi connectivity index (χ2n) is 7.01. The third-order valence-corrected chi connectivity index (χ3v) is 4.61. The second kappa shape index (κ2) is 8.08. The fourth-order valence-corrected chi connectivity index (χ4v) is 2.90. The van der Waals surface area contributed by atoms with E-state index in [1.54, 1.807) is 45.9 Å². The zero-order valence-electron chi connectivity index (χ0n) is 15.9. The zero-order chi connectivity index (χ0) is 20.4. The first kappa shape index (κ1) is 20.9. The van der Waals surface area contributed by atoms with Crippen LogP contribution in [0.1, 0.15) is 47.1 Å². The molecular weight excluding hydrogens is 415 g/mol. The summed E-state index contributed by atoms with van der Waals surface area (Å²) in [5, 5.41) is 1.24. The normalized spacial score (nSPS) is 11.1. The Bertz CT molecular complexity index is 878. The number of carbonyl (C=O) groups is 2. The molecule has 0 heterocycles. The van der Waals surface area contributed by atoms with Crippen LogP contribution < -0.4 is 10.2 Å². The standard InChI is InChI=1S/C20H22BrFN2O3/c1-12-14(7-6-8-17(12)27-5)18(25)23-24(20(2,3)4)19(26)13-9-10-16(22)15(21)11-13/h6-11H,1-5H3,(H,23,25). The van der Waals surface area contributed by atoms with E-state index in [9.17, 15) is 14.0 Å². The highest BCUT2D eigenvalue weighted by Gasteiger charge is 2.30. The van der Waals surface area contributed by atoms with Gasteiger partial charge in [-0.3, -0.25) is 15.0 Å².